The van der Waals surface area contributed by atoms with Crippen LogP contribution < -0.4 is 5.73 Å². The zero-order valence-corrected chi connectivity index (χ0v) is 5.65. The highest BCUT2D eigenvalue weighted by atomic mass is 19.1. The molecule has 0 aromatic heterocycles. The molecule has 0 radical (unpaired) electrons. The fourth-order valence-electron chi connectivity index (χ4n) is 1.19. The molecule has 1 aliphatic carbocycles. The van der Waals surface area contributed by atoms with Crippen molar-refractivity contribution in [3.63, 3.8) is 0 Å². The largest absolute Gasteiger partial charge is 0.328 e. The highest BCUT2D eigenvalue weighted by Gasteiger charge is 2.20. The standard InChI is InChI=1S/C7H14FN/c8-7(5-9)4-6-2-1-3-6/h6-7H,1-5,9H2/t7-/m1/s1. The second-order valence-electron chi connectivity index (χ2n) is 2.87. The van der Waals surface area contributed by atoms with Gasteiger partial charge in [0.25, 0.3) is 0 Å². The van der Waals surface area contributed by atoms with E-state index >= 15 is 0 Å². The van der Waals surface area contributed by atoms with E-state index in [-0.39, 0.29) is 6.54 Å². The lowest BCUT2D eigenvalue weighted by atomic mass is 9.82. The van der Waals surface area contributed by atoms with Crippen LogP contribution in [0, 0.1) is 5.92 Å². The molecule has 1 rings (SSSR count). The van der Waals surface area contributed by atoms with E-state index < -0.39 is 6.17 Å². The average molecular weight is 131 g/mol. The molecular formula is C7H14FN. The molecule has 9 heavy (non-hydrogen) atoms. The number of nitrogens with two attached hydrogens (primary N) is 1. The van der Waals surface area contributed by atoms with Gasteiger partial charge in [-0.25, -0.2) is 4.39 Å². The van der Waals surface area contributed by atoms with Gasteiger partial charge in [-0.3, -0.25) is 0 Å². The number of hydrogen-bond acceptors (Lipinski definition) is 1. The van der Waals surface area contributed by atoms with E-state index in [4.69, 9.17) is 5.73 Å². The Hall–Kier alpha value is -0.110. The number of hydrogen-bond donors (Lipinski definition) is 1. The van der Waals surface area contributed by atoms with Crippen molar-refractivity contribution in [3.05, 3.63) is 0 Å². The van der Waals surface area contributed by atoms with E-state index in [9.17, 15) is 4.39 Å². The van der Waals surface area contributed by atoms with Crippen LogP contribution in [0.15, 0.2) is 0 Å². The van der Waals surface area contributed by atoms with Crippen molar-refractivity contribution in [2.75, 3.05) is 6.54 Å². The lowest BCUT2D eigenvalue weighted by molar-refractivity contribution is 0.209. The summed E-state index contributed by atoms with van der Waals surface area (Å²) in [6.45, 7) is 0.205. The predicted molar refractivity (Wildman–Crippen MR) is 35.9 cm³/mol. The SMILES string of the molecule is NC[C@H](F)CC1CCC1. The first-order chi connectivity index (χ1) is 4.33. The van der Waals surface area contributed by atoms with Gasteiger partial charge in [-0.1, -0.05) is 19.3 Å². The van der Waals surface area contributed by atoms with Crippen LogP contribution in [0.2, 0.25) is 0 Å². The first-order valence-corrected chi connectivity index (χ1v) is 3.67. The van der Waals surface area contributed by atoms with Crippen molar-refractivity contribution >= 4 is 0 Å². The molecule has 54 valence electrons. The fraction of sp³-hybridized carbons (Fsp3) is 1.00. The van der Waals surface area contributed by atoms with E-state index in [1.165, 1.54) is 19.3 Å². The molecule has 1 nitrogen and oxygen atoms in total. The van der Waals surface area contributed by atoms with Gasteiger partial charge >= 0.3 is 0 Å². The molecule has 0 spiro atoms. The van der Waals surface area contributed by atoms with Crippen LogP contribution in [0.25, 0.3) is 0 Å². The van der Waals surface area contributed by atoms with Gasteiger partial charge in [0.15, 0.2) is 0 Å². The molecule has 0 bridgehead atoms. The third kappa shape index (κ3) is 1.94. The molecule has 0 unspecified atom stereocenters. The minimum Gasteiger partial charge on any atom is -0.328 e. The van der Waals surface area contributed by atoms with Crippen molar-refractivity contribution < 1.29 is 4.39 Å². The molecule has 1 atom stereocenters. The fourth-order valence-corrected chi connectivity index (χ4v) is 1.19. The Balaban J connectivity index is 2.01. The highest BCUT2D eigenvalue weighted by Crippen LogP contribution is 2.30. The van der Waals surface area contributed by atoms with Crippen molar-refractivity contribution in [1.82, 2.24) is 0 Å². The second-order valence-corrected chi connectivity index (χ2v) is 2.87. The van der Waals surface area contributed by atoms with Gasteiger partial charge < -0.3 is 5.73 Å². The van der Waals surface area contributed by atoms with Gasteiger partial charge in [0, 0.05) is 6.54 Å². The molecule has 1 aliphatic rings. The molecule has 1 fully saturated rings. The third-order valence-corrected chi connectivity index (χ3v) is 2.07. The Morgan fingerprint density at radius 2 is 2.22 bits per heavy atom. The zero-order chi connectivity index (χ0) is 6.69. The summed E-state index contributed by atoms with van der Waals surface area (Å²) < 4.78 is 12.5. The summed E-state index contributed by atoms with van der Waals surface area (Å²) in [5.74, 6) is 0.656. The second kappa shape index (κ2) is 3.16. The van der Waals surface area contributed by atoms with Crippen LogP contribution >= 0.6 is 0 Å². The van der Waals surface area contributed by atoms with Crippen LogP contribution in [0.1, 0.15) is 25.7 Å². The van der Waals surface area contributed by atoms with E-state index in [0.29, 0.717) is 12.3 Å². The highest BCUT2D eigenvalue weighted by molar-refractivity contribution is 4.73. The number of halogens is 1. The minimum absolute atomic E-state index is 0.205. The Kier molecular flexibility index (Phi) is 2.46. The first-order valence-electron chi connectivity index (χ1n) is 3.67. The molecule has 0 heterocycles. The van der Waals surface area contributed by atoms with Crippen LogP contribution in [-0.4, -0.2) is 12.7 Å². The van der Waals surface area contributed by atoms with Crippen molar-refractivity contribution in [3.8, 4) is 0 Å². The summed E-state index contributed by atoms with van der Waals surface area (Å²) >= 11 is 0. The Morgan fingerprint density at radius 3 is 2.56 bits per heavy atom. The summed E-state index contributed by atoms with van der Waals surface area (Å²) in [5.41, 5.74) is 5.12. The maximum atomic E-state index is 12.5. The van der Waals surface area contributed by atoms with Gasteiger partial charge in [-0.05, 0) is 12.3 Å². The molecule has 0 aromatic rings. The van der Waals surface area contributed by atoms with Gasteiger partial charge in [0.1, 0.15) is 6.17 Å². The van der Waals surface area contributed by atoms with Gasteiger partial charge in [0.2, 0.25) is 0 Å². The monoisotopic (exact) mass is 131 g/mol. The average Bonchev–Trinajstić information content (AvgIpc) is 1.78. The molecule has 0 amide bonds. The van der Waals surface area contributed by atoms with Crippen molar-refractivity contribution in [2.45, 2.75) is 31.9 Å². The summed E-state index contributed by atoms with van der Waals surface area (Å²) in [5, 5.41) is 0. The lowest BCUT2D eigenvalue weighted by Gasteiger charge is -2.26. The Bertz CT molecular complexity index is 78.2. The molecular weight excluding hydrogens is 117 g/mol. The van der Waals surface area contributed by atoms with E-state index in [2.05, 4.69) is 0 Å². The van der Waals surface area contributed by atoms with Crippen LogP contribution in [-0.2, 0) is 0 Å². The maximum Gasteiger partial charge on any atom is 0.113 e. The van der Waals surface area contributed by atoms with Crippen LogP contribution in [0.3, 0.4) is 0 Å². The zero-order valence-electron chi connectivity index (χ0n) is 5.65. The van der Waals surface area contributed by atoms with Crippen LogP contribution in [0.5, 0.6) is 0 Å². The summed E-state index contributed by atoms with van der Waals surface area (Å²) in [4.78, 5) is 0. The van der Waals surface area contributed by atoms with Crippen LogP contribution in [0.4, 0.5) is 4.39 Å². The van der Waals surface area contributed by atoms with Gasteiger partial charge in [-0.15, -0.1) is 0 Å². The maximum absolute atomic E-state index is 12.5. The summed E-state index contributed by atoms with van der Waals surface area (Å²) in [7, 11) is 0. The number of alkyl halides is 1. The molecule has 0 aliphatic heterocycles. The first kappa shape index (κ1) is 7.00. The smallest absolute Gasteiger partial charge is 0.113 e. The Morgan fingerprint density at radius 1 is 1.56 bits per heavy atom. The Labute approximate surface area is 55.4 Å². The topological polar surface area (TPSA) is 26.0 Å². The van der Waals surface area contributed by atoms with Gasteiger partial charge in [0.05, 0.1) is 0 Å². The quantitative estimate of drug-likeness (QED) is 0.616. The normalized spacial score (nSPS) is 23.3. The summed E-state index contributed by atoms with van der Waals surface area (Å²) in [6, 6.07) is 0. The third-order valence-electron chi connectivity index (χ3n) is 2.07. The lowest BCUT2D eigenvalue weighted by Crippen LogP contribution is -2.22. The summed E-state index contributed by atoms with van der Waals surface area (Å²) in [6.07, 6.45) is 3.70. The molecule has 0 saturated heterocycles. The van der Waals surface area contributed by atoms with E-state index in [1.807, 2.05) is 0 Å². The predicted octanol–water partition coefficient (Wildman–Crippen LogP) is 1.47. The molecule has 0 aromatic carbocycles. The van der Waals surface area contributed by atoms with Crippen molar-refractivity contribution in [1.29, 1.82) is 0 Å². The van der Waals surface area contributed by atoms with E-state index in [1.54, 1.807) is 0 Å². The molecule has 2 N–H and O–H groups in total. The minimum atomic E-state index is -0.740. The van der Waals surface area contributed by atoms with Gasteiger partial charge in [-0.2, -0.15) is 0 Å². The van der Waals surface area contributed by atoms with Crippen molar-refractivity contribution in [2.24, 2.45) is 11.7 Å². The van der Waals surface area contributed by atoms with E-state index in [0.717, 1.165) is 0 Å². The molecule has 1 saturated carbocycles. The number of rotatable bonds is 3. The molecule has 2 heteroatoms.